The van der Waals surface area contributed by atoms with Crippen molar-refractivity contribution in [1.29, 1.82) is 0 Å². The van der Waals surface area contributed by atoms with E-state index in [0.717, 1.165) is 22.1 Å². The first-order chi connectivity index (χ1) is 6.81. The second-order valence-corrected chi connectivity index (χ2v) is 3.62. The van der Waals surface area contributed by atoms with E-state index >= 15 is 0 Å². The lowest BCUT2D eigenvalue weighted by molar-refractivity contribution is 1.23. The molecule has 0 amide bonds. The van der Waals surface area contributed by atoms with Crippen LogP contribution in [0, 0.1) is 6.92 Å². The van der Waals surface area contributed by atoms with E-state index in [1.54, 1.807) is 12.4 Å². The molecule has 2 heterocycles. The van der Waals surface area contributed by atoms with Crippen LogP contribution in [0.15, 0.2) is 18.5 Å². The second kappa shape index (κ2) is 3.71. The maximum Gasteiger partial charge on any atom is 0.202 e. The van der Waals surface area contributed by atoms with Gasteiger partial charge in [0.05, 0.1) is 0 Å². The first kappa shape index (κ1) is 9.08. The predicted octanol–water partition coefficient (Wildman–Crippen LogP) is 1.95. The van der Waals surface area contributed by atoms with Gasteiger partial charge in [0.2, 0.25) is 5.13 Å². The van der Waals surface area contributed by atoms with Gasteiger partial charge in [-0.25, -0.2) is 0 Å². The van der Waals surface area contributed by atoms with Gasteiger partial charge in [-0.05, 0) is 18.6 Å². The van der Waals surface area contributed by atoms with Crippen LogP contribution in [0.4, 0.5) is 5.13 Å². The Hall–Kier alpha value is -1.49. The molecule has 0 saturated heterocycles. The van der Waals surface area contributed by atoms with Gasteiger partial charge >= 0.3 is 0 Å². The van der Waals surface area contributed by atoms with Gasteiger partial charge in [0.1, 0.15) is 0 Å². The molecule has 0 aromatic carbocycles. The van der Waals surface area contributed by atoms with Gasteiger partial charge in [0.25, 0.3) is 0 Å². The Morgan fingerprint density at radius 3 is 2.93 bits per heavy atom. The number of aromatic nitrogens is 3. The minimum atomic E-state index is 0.741. The van der Waals surface area contributed by atoms with Crippen molar-refractivity contribution >= 4 is 16.7 Å². The van der Waals surface area contributed by atoms with Crippen molar-refractivity contribution < 1.29 is 0 Å². The summed E-state index contributed by atoms with van der Waals surface area (Å²) in [6.07, 6.45) is 3.56. The quantitative estimate of drug-likeness (QED) is 0.816. The minimum Gasteiger partial charge on any atom is -0.363 e. The third-order valence-electron chi connectivity index (χ3n) is 1.92. The maximum atomic E-state index is 4.32. The molecule has 4 nitrogen and oxygen atoms in total. The van der Waals surface area contributed by atoms with Gasteiger partial charge in [-0.3, -0.25) is 4.98 Å². The SMILES string of the molecule is CNc1nc(-c2cnccc2C)ns1. The number of hydrogen-bond donors (Lipinski definition) is 1. The molecule has 0 aliphatic rings. The summed E-state index contributed by atoms with van der Waals surface area (Å²) in [7, 11) is 1.83. The molecule has 0 fully saturated rings. The highest BCUT2D eigenvalue weighted by Gasteiger charge is 2.07. The van der Waals surface area contributed by atoms with Gasteiger partial charge in [-0.15, -0.1) is 0 Å². The van der Waals surface area contributed by atoms with E-state index < -0.39 is 0 Å². The van der Waals surface area contributed by atoms with Crippen LogP contribution in [0.3, 0.4) is 0 Å². The molecule has 0 atom stereocenters. The number of aryl methyl sites for hydroxylation is 1. The largest absolute Gasteiger partial charge is 0.363 e. The Morgan fingerprint density at radius 2 is 2.29 bits per heavy atom. The smallest absolute Gasteiger partial charge is 0.202 e. The molecule has 0 unspecified atom stereocenters. The number of pyridine rings is 1. The Bertz CT molecular complexity index is 438. The minimum absolute atomic E-state index is 0.741. The average molecular weight is 206 g/mol. The lowest BCUT2D eigenvalue weighted by atomic mass is 10.1. The number of anilines is 1. The lowest BCUT2D eigenvalue weighted by Crippen LogP contribution is -1.88. The van der Waals surface area contributed by atoms with Gasteiger partial charge < -0.3 is 5.32 Å². The summed E-state index contributed by atoms with van der Waals surface area (Å²) in [6.45, 7) is 2.02. The molecule has 0 saturated carbocycles. The second-order valence-electron chi connectivity index (χ2n) is 2.86. The molecular weight excluding hydrogens is 196 g/mol. The van der Waals surface area contributed by atoms with E-state index in [-0.39, 0.29) is 0 Å². The summed E-state index contributed by atoms with van der Waals surface area (Å²) in [4.78, 5) is 8.38. The summed E-state index contributed by atoms with van der Waals surface area (Å²) in [6, 6.07) is 1.95. The molecule has 2 rings (SSSR count). The van der Waals surface area contributed by atoms with Crippen molar-refractivity contribution in [2.75, 3.05) is 12.4 Å². The molecule has 0 aliphatic heterocycles. The molecule has 5 heteroatoms. The molecule has 0 radical (unpaired) electrons. The highest BCUT2D eigenvalue weighted by atomic mass is 32.1. The molecule has 2 aromatic heterocycles. The lowest BCUT2D eigenvalue weighted by Gasteiger charge is -1.98. The van der Waals surface area contributed by atoms with E-state index in [9.17, 15) is 0 Å². The van der Waals surface area contributed by atoms with Crippen LogP contribution in [0.25, 0.3) is 11.4 Å². The van der Waals surface area contributed by atoms with E-state index in [2.05, 4.69) is 19.7 Å². The van der Waals surface area contributed by atoms with E-state index in [1.165, 1.54) is 11.5 Å². The third-order valence-corrected chi connectivity index (χ3v) is 2.65. The molecule has 72 valence electrons. The maximum absolute atomic E-state index is 4.32. The summed E-state index contributed by atoms with van der Waals surface area (Å²) in [5.41, 5.74) is 2.13. The van der Waals surface area contributed by atoms with Crippen LogP contribution in [-0.4, -0.2) is 21.4 Å². The fourth-order valence-electron chi connectivity index (χ4n) is 1.13. The number of nitrogens with one attached hydrogen (secondary N) is 1. The predicted molar refractivity (Wildman–Crippen MR) is 57.4 cm³/mol. The van der Waals surface area contributed by atoms with Crippen LogP contribution < -0.4 is 5.32 Å². The first-order valence-electron chi connectivity index (χ1n) is 4.23. The van der Waals surface area contributed by atoms with Crippen molar-refractivity contribution in [2.45, 2.75) is 6.92 Å². The van der Waals surface area contributed by atoms with Crippen LogP contribution >= 0.6 is 11.5 Å². The molecule has 0 aliphatic carbocycles. The molecule has 0 spiro atoms. The number of hydrogen-bond acceptors (Lipinski definition) is 5. The monoisotopic (exact) mass is 206 g/mol. The van der Waals surface area contributed by atoms with Crippen molar-refractivity contribution in [3.05, 3.63) is 24.0 Å². The standard InChI is InChI=1S/C9H10N4S/c1-6-3-4-11-5-7(6)8-12-9(10-2)14-13-8/h3-5H,1-2H3,(H,10,12,13). The summed E-state index contributed by atoms with van der Waals surface area (Å²) in [5.74, 6) is 0.741. The van der Waals surface area contributed by atoms with Crippen molar-refractivity contribution in [3.8, 4) is 11.4 Å². The zero-order valence-corrected chi connectivity index (χ0v) is 8.80. The van der Waals surface area contributed by atoms with Crippen molar-refractivity contribution in [1.82, 2.24) is 14.3 Å². The van der Waals surface area contributed by atoms with E-state index in [0.29, 0.717) is 0 Å². The third kappa shape index (κ3) is 1.58. The molecule has 0 bridgehead atoms. The molecule has 2 aromatic rings. The summed E-state index contributed by atoms with van der Waals surface area (Å²) >= 11 is 1.35. The fraction of sp³-hybridized carbons (Fsp3) is 0.222. The fourth-order valence-corrected chi connectivity index (χ4v) is 1.66. The molecule has 1 N–H and O–H groups in total. The first-order valence-corrected chi connectivity index (χ1v) is 5.01. The van der Waals surface area contributed by atoms with Crippen LogP contribution in [0.5, 0.6) is 0 Å². The van der Waals surface area contributed by atoms with Gasteiger partial charge in [0.15, 0.2) is 5.82 Å². The number of rotatable bonds is 2. The average Bonchev–Trinajstić information content (AvgIpc) is 2.67. The Morgan fingerprint density at radius 1 is 1.43 bits per heavy atom. The Kier molecular flexibility index (Phi) is 2.41. The Labute approximate surface area is 86.2 Å². The zero-order chi connectivity index (χ0) is 9.97. The Balaban J connectivity index is 2.44. The van der Waals surface area contributed by atoms with Gasteiger partial charge in [0, 0.05) is 36.5 Å². The van der Waals surface area contributed by atoms with E-state index in [4.69, 9.17) is 0 Å². The zero-order valence-electron chi connectivity index (χ0n) is 7.98. The number of nitrogens with zero attached hydrogens (tertiary/aromatic N) is 3. The van der Waals surface area contributed by atoms with E-state index in [1.807, 2.05) is 20.0 Å². The van der Waals surface area contributed by atoms with Crippen molar-refractivity contribution in [2.24, 2.45) is 0 Å². The summed E-state index contributed by atoms with van der Waals surface area (Å²) in [5, 5.41) is 3.78. The normalized spacial score (nSPS) is 10.1. The molecule has 14 heavy (non-hydrogen) atoms. The van der Waals surface area contributed by atoms with Gasteiger partial charge in [-0.2, -0.15) is 9.36 Å². The molecular formula is C9H10N4S. The highest BCUT2D eigenvalue weighted by Crippen LogP contribution is 2.22. The van der Waals surface area contributed by atoms with Crippen LogP contribution in [0.2, 0.25) is 0 Å². The topological polar surface area (TPSA) is 50.7 Å². The van der Waals surface area contributed by atoms with Gasteiger partial charge in [-0.1, -0.05) is 0 Å². The van der Waals surface area contributed by atoms with Crippen LogP contribution in [0.1, 0.15) is 5.56 Å². The highest BCUT2D eigenvalue weighted by molar-refractivity contribution is 7.09. The van der Waals surface area contributed by atoms with Crippen LogP contribution in [-0.2, 0) is 0 Å². The van der Waals surface area contributed by atoms with Crippen molar-refractivity contribution in [3.63, 3.8) is 0 Å². The summed E-state index contributed by atoms with van der Waals surface area (Å²) < 4.78 is 4.25.